The number of hydrogen-bond donors (Lipinski definition) is 1. The van der Waals surface area contributed by atoms with Gasteiger partial charge in [-0.2, -0.15) is 0 Å². The lowest BCUT2D eigenvalue weighted by Crippen LogP contribution is -2.33. The summed E-state index contributed by atoms with van der Waals surface area (Å²) in [5, 5.41) is 2.79. The second-order valence-electron chi connectivity index (χ2n) is 6.71. The van der Waals surface area contributed by atoms with Crippen LogP contribution in [0.3, 0.4) is 0 Å². The molecule has 3 rings (SSSR count). The number of rotatable bonds is 8. The largest absolute Gasteiger partial charge is 0.352 e. The Balaban J connectivity index is 1.48. The summed E-state index contributed by atoms with van der Waals surface area (Å²) in [5.41, 5.74) is 0.893. The van der Waals surface area contributed by atoms with Gasteiger partial charge in [-0.25, -0.2) is 8.78 Å². The topological polar surface area (TPSA) is 49.4 Å². The molecule has 1 fully saturated rings. The Hall–Kier alpha value is -2.76. The predicted molar refractivity (Wildman–Crippen MR) is 97.9 cm³/mol. The molecule has 0 aromatic heterocycles. The van der Waals surface area contributed by atoms with Gasteiger partial charge >= 0.3 is 0 Å². The zero-order chi connectivity index (χ0) is 19.2. The van der Waals surface area contributed by atoms with Gasteiger partial charge in [0.05, 0.1) is 0 Å². The first-order valence-corrected chi connectivity index (χ1v) is 9.11. The van der Waals surface area contributed by atoms with Crippen LogP contribution in [0, 0.1) is 11.6 Å². The monoisotopic (exact) mass is 372 g/mol. The second-order valence-corrected chi connectivity index (χ2v) is 6.71. The van der Waals surface area contributed by atoms with E-state index in [4.69, 9.17) is 0 Å². The molecule has 1 aliphatic rings. The van der Waals surface area contributed by atoms with E-state index in [1.807, 2.05) is 6.07 Å². The molecule has 0 bridgehead atoms. The van der Waals surface area contributed by atoms with Crippen LogP contribution in [-0.4, -0.2) is 29.3 Å². The van der Waals surface area contributed by atoms with Gasteiger partial charge in [0.25, 0.3) is 5.91 Å². The Labute approximate surface area is 157 Å². The van der Waals surface area contributed by atoms with Crippen molar-refractivity contribution in [1.29, 1.82) is 0 Å². The average Bonchev–Trinajstić information content (AvgIpc) is 3.50. The highest BCUT2D eigenvalue weighted by Crippen LogP contribution is 2.29. The van der Waals surface area contributed by atoms with Crippen LogP contribution in [0.2, 0.25) is 0 Å². The van der Waals surface area contributed by atoms with Crippen LogP contribution in [0.15, 0.2) is 48.5 Å². The zero-order valence-electron chi connectivity index (χ0n) is 15.0. The van der Waals surface area contributed by atoms with Gasteiger partial charge in [-0.05, 0) is 37.5 Å². The van der Waals surface area contributed by atoms with Gasteiger partial charge in [0.1, 0.15) is 11.6 Å². The smallest absolute Gasteiger partial charge is 0.251 e. The maximum atomic E-state index is 13.9. The van der Waals surface area contributed by atoms with E-state index in [0.717, 1.165) is 18.9 Å². The second kappa shape index (κ2) is 8.75. The first-order chi connectivity index (χ1) is 13.0. The summed E-state index contributed by atoms with van der Waals surface area (Å²) in [4.78, 5) is 26.2. The average molecular weight is 372 g/mol. The maximum Gasteiger partial charge on any atom is 0.251 e. The number of nitrogens with zero attached hydrogens (tertiary/aromatic N) is 1. The summed E-state index contributed by atoms with van der Waals surface area (Å²) in [6, 6.07) is 12.4. The lowest BCUT2D eigenvalue weighted by atomic mass is 10.1. The SMILES string of the molecule is O=C(NCCCC(=O)N(Cc1ccc(F)cc1F)C1CC1)c1ccccc1. The third-order valence-electron chi connectivity index (χ3n) is 4.55. The quantitative estimate of drug-likeness (QED) is 0.719. The maximum absolute atomic E-state index is 13.9. The highest BCUT2D eigenvalue weighted by atomic mass is 19.1. The van der Waals surface area contributed by atoms with Gasteiger partial charge in [-0.1, -0.05) is 24.3 Å². The number of halogens is 2. The molecule has 2 amide bonds. The van der Waals surface area contributed by atoms with Crippen LogP contribution in [-0.2, 0) is 11.3 Å². The predicted octanol–water partition coefficient (Wildman–Crippen LogP) is 3.67. The summed E-state index contributed by atoms with van der Waals surface area (Å²) in [6.45, 7) is 0.537. The van der Waals surface area contributed by atoms with Crippen molar-refractivity contribution in [2.24, 2.45) is 0 Å². The van der Waals surface area contributed by atoms with E-state index in [9.17, 15) is 18.4 Å². The van der Waals surface area contributed by atoms with E-state index >= 15 is 0 Å². The normalized spacial score (nSPS) is 13.3. The lowest BCUT2D eigenvalue weighted by Gasteiger charge is -2.23. The minimum atomic E-state index is -0.636. The fraction of sp³-hybridized carbons (Fsp3) is 0.333. The fourth-order valence-electron chi connectivity index (χ4n) is 2.92. The molecular formula is C21H22F2N2O2. The van der Waals surface area contributed by atoms with E-state index < -0.39 is 11.6 Å². The molecule has 1 N–H and O–H groups in total. The number of hydrogen-bond acceptors (Lipinski definition) is 2. The summed E-state index contributed by atoms with van der Waals surface area (Å²) < 4.78 is 26.9. The molecule has 1 saturated carbocycles. The summed E-state index contributed by atoms with van der Waals surface area (Å²) in [5.74, 6) is -1.51. The summed E-state index contributed by atoms with van der Waals surface area (Å²) in [6.07, 6.45) is 2.58. The minimum absolute atomic E-state index is 0.0739. The van der Waals surface area contributed by atoms with Gasteiger partial charge in [0.15, 0.2) is 0 Å². The van der Waals surface area contributed by atoms with E-state index in [1.54, 1.807) is 29.2 Å². The van der Waals surface area contributed by atoms with Crippen molar-refractivity contribution in [3.63, 3.8) is 0 Å². The molecule has 4 nitrogen and oxygen atoms in total. The molecule has 142 valence electrons. The number of carbonyl (C=O) groups is 2. The Bertz CT molecular complexity index is 807. The van der Waals surface area contributed by atoms with E-state index in [1.165, 1.54) is 12.1 Å². The van der Waals surface area contributed by atoms with Crippen molar-refractivity contribution in [2.75, 3.05) is 6.54 Å². The molecule has 0 aliphatic heterocycles. The third kappa shape index (κ3) is 5.36. The van der Waals surface area contributed by atoms with Crippen molar-refractivity contribution in [1.82, 2.24) is 10.2 Å². The van der Waals surface area contributed by atoms with Crippen molar-refractivity contribution in [3.05, 3.63) is 71.3 Å². The third-order valence-corrected chi connectivity index (χ3v) is 4.55. The molecular weight excluding hydrogens is 350 g/mol. The van der Waals surface area contributed by atoms with Crippen LogP contribution in [0.4, 0.5) is 8.78 Å². The molecule has 6 heteroatoms. The van der Waals surface area contributed by atoms with Crippen LogP contribution in [0.1, 0.15) is 41.6 Å². The molecule has 0 unspecified atom stereocenters. The molecule has 0 heterocycles. The van der Waals surface area contributed by atoms with Gasteiger partial charge in [-0.3, -0.25) is 9.59 Å². The zero-order valence-corrected chi connectivity index (χ0v) is 15.0. The number of amides is 2. The Morgan fingerprint density at radius 1 is 1.07 bits per heavy atom. The van der Waals surface area contributed by atoms with E-state index in [2.05, 4.69) is 5.32 Å². The van der Waals surface area contributed by atoms with Gasteiger partial charge < -0.3 is 10.2 Å². The summed E-state index contributed by atoms with van der Waals surface area (Å²) in [7, 11) is 0. The molecule has 1 aliphatic carbocycles. The molecule has 2 aromatic rings. The summed E-state index contributed by atoms with van der Waals surface area (Å²) >= 11 is 0. The minimum Gasteiger partial charge on any atom is -0.352 e. The van der Waals surface area contributed by atoms with Crippen molar-refractivity contribution >= 4 is 11.8 Å². The van der Waals surface area contributed by atoms with Crippen LogP contribution in [0.25, 0.3) is 0 Å². The number of carbonyl (C=O) groups excluding carboxylic acids is 2. The first-order valence-electron chi connectivity index (χ1n) is 9.11. The molecule has 0 radical (unpaired) electrons. The molecule has 2 aromatic carbocycles. The molecule has 0 atom stereocenters. The van der Waals surface area contributed by atoms with Gasteiger partial charge in [0, 0.05) is 42.7 Å². The number of benzene rings is 2. The standard InChI is InChI=1S/C21H22F2N2O2/c22-17-9-8-16(19(23)13-17)14-25(18-10-11-18)20(26)7-4-12-24-21(27)15-5-2-1-3-6-15/h1-3,5-6,8-9,13,18H,4,7,10-12,14H2,(H,24,27). The first kappa shape index (κ1) is 19.0. The van der Waals surface area contributed by atoms with E-state index in [-0.39, 0.29) is 30.8 Å². The highest BCUT2D eigenvalue weighted by Gasteiger charge is 2.32. The van der Waals surface area contributed by atoms with Crippen molar-refractivity contribution in [3.8, 4) is 0 Å². The van der Waals surface area contributed by atoms with E-state index in [0.29, 0.717) is 24.1 Å². The lowest BCUT2D eigenvalue weighted by molar-refractivity contribution is -0.132. The molecule has 27 heavy (non-hydrogen) atoms. The fourth-order valence-corrected chi connectivity index (χ4v) is 2.92. The van der Waals surface area contributed by atoms with Crippen LogP contribution >= 0.6 is 0 Å². The van der Waals surface area contributed by atoms with Crippen molar-refractivity contribution in [2.45, 2.75) is 38.3 Å². The molecule has 0 spiro atoms. The van der Waals surface area contributed by atoms with Crippen molar-refractivity contribution < 1.29 is 18.4 Å². The van der Waals surface area contributed by atoms with Crippen LogP contribution in [0.5, 0.6) is 0 Å². The Morgan fingerprint density at radius 3 is 2.48 bits per heavy atom. The van der Waals surface area contributed by atoms with Gasteiger partial charge in [-0.15, -0.1) is 0 Å². The molecule has 0 saturated heterocycles. The van der Waals surface area contributed by atoms with Gasteiger partial charge in [0.2, 0.25) is 5.91 Å². The highest BCUT2D eigenvalue weighted by molar-refractivity contribution is 5.94. The van der Waals surface area contributed by atoms with Crippen LogP contribution < -0.4 is 5.32 Å². The number of nitrogens with one attached hydrogen (secondary N) is 1. The Morgan fingerprint density at radius 2 is 1.81 bits per heavy atom. The Kier molecular flexibility index (Phi) is 6.16.